The molecule has 2 unspecified atom stereocenters. The first-order valence-corrected chi connectivity index (χ1v) is 11.2. The minimum Gasteiger partial charge on any atom is -0.386 e. The Morgan fingerprint density at radius 3 is 2.67 bits per heavy atom. The highest BCUT2D eigenvalue weighted by atomic mass is 32.1. The van der Waals surface area contributed by atoms with E-state index in [1.807, 2.05) is 6.92 Å². The lowest BCUT2D eigenvalue weighted by Gasteiger charge is -2.33. The van der Waals surface area contributed by atoms with Gasteiger partial charge in [-0.25, -0.2) is 4.39 Å². The van der Waals surface area contributed by atoms with Crippen LogP contribution in [0.5, 0.6) is 0 Å². The Hall–Kier alpha value is -2.00. The summed E-state index contributed by atoms with van der Waals surface area (Å²) in [6.07, 6.45) is -0.954. The third kappa shape index (κ3) is 6.25. The van der Waals surface area contributed by atoms with Gasteiger partial charge in [0.1, 0.15) is 5.82 Å². The fraction of sp³-hybridized carbons (Fsp3) is 0.500. The van der Waals surface area contributed by atoms with Gasteiger partial charge in [-0.15, -0.1) is 11.3 Å². The van der Waals surface area contributed by atoms with Crippen LogP contribution in [0, 0.1) is 12.7 Å². The topological polar surface area (TPSA) is 69.1 Å². The van der Waals surface area contributed by atoms with Crippen LogP contribution in [0.25, 0.3) is 0 Å². The fourth-order valence-electron chi connectivity index (χ4n) is 3.48. The average molecular weight is 435 g/mol. The van der Waals surface area contributed by atoms with E-state index < -0.39 is 11.9 Å². The minimum absolute atomic E-state index is 0.174. The summed E-state index contributed by atoms with van der Waals surface area (Å²) < 4.78 is 19.4. The molecule has 1 aliphatic heterocycles. The number of aliphatic hydroxyl groups excluding tert-OH is 1. The van der Waals surface area contributed by atoms with E-state index >= 15 is 0 Å². The Balaban J connectivity index is 1.68. The molecule has 0 saturated carbocycles. The molecule has 1 fully saturated rings. The van der Waals surface area contributed by atoms with E-state index in [9.17, 15) is 9.50 Å². The monoisotopic (exact) mass is 434 g/mol. The number of aliphatic imine (C=N–C) groups is 1. The maximum absolute atomic E-state index is 13.9. The number of rotatable bonds is 8. The number of ether oxygens (including phenoxy) is 1. The van der Waals surface area contributed by atoms with Crippen LogP contribution in [-0.2, 0) is 4.74 Å². The first-order chi connectivity index (χ1) is 14.6. The molecule has 1 saturated heterocycles. The van der Waals surface area contributed by atoms with Crippen molar-refractivity contribution in [2.45, 2.75) is 26.0 Å². The lowest BCUT2D eigenvalue weighted by Crippen LogP contribution is -2.42. The van der Waals surface area contributed by atoms with Crippen molar-refractivity contribution in [3.8, 4) is 0 Å². The number of guanidine groups is 1. The highest BCUT2D eigenvalue weighted by molar-refractivity contribution is 7.12. The third-order valence-corrected chi connectivity index (χ3v) is 6.17. The number of nitrogens with zero attached hydrogens (tertiary/aromatic N) is 2. The Labute approximate surface area is 181 Å². The van der Waals surface area contributed by atoms with E-state index in [0.717, 1.165) is 26.3 Å². The van der Waals surface area contributed by atoms with Crippen molar-refractivity contribution in [3.63, 3.8) is 0 Å². The van der Waals surface area contributed by atoms with Crippen LogP contribution in [0.2, 0.25) is 0 Å². The highest BCUT2D eigenvalue weighted by Crippen LogP contribution is 2.28. The second-order valence-electron chi connectivity index (χ2n) is 7.25. The molecular formula is C22H31FN4O2S. The third-order valence-electron chi connectivity index (χ3n) is 5.07. The standard InChI is InChI=1S/C22H31FN4O2S/c1-3-24-22(26-15-20(28)17-6-4-5-7-18(17)23)25-14-19(21-9-8-16(2)30-21)27-10-12-29-13-11-27/h4-9,19-20,28H,3,10-15H2,1-2H3,(H2,24,25,26). The number of hydrogen-bond donors (Lipinski definition) is 3. The SMILES string of the molecule is CCNC(=NCC(c1ccc(C)s1)N1CCOCC1)NCC(O)c1ccccc1F. The Morgan fingerprint density at radius 1 is 1.23 bits per heavy atom. The summed E-state index contributed by atoms with van der Waals surface area (Å²) in [6.45, 7) is 8.80. The molecule has 0 spiro atoms. The Bertz CT molecular complexity index is 823. The summed E-state index contributed by atoms with van der Waals surface area (Å²) in [5.74, 6) is 0.202. The van der Waals surface area contributed by atoms with Gasteiger partial charge in [0, 0.05) is 41.5 Å². The fourth-order valence-corrected chi connectivity index (χ4v) is 4.48. The zero-order valence-corrected chi connectivity index (χ0v) is 18.4. The number of aliphatic hydroxyl groups is 1. The zero-order chi connectivity index (χ0) is 21.3. The molecule has 30 heavy (non-hydrogen) atoms. The van der Waals surface area contributed by atoms with Crippen LogP contribution < -0.4 is 10.6 Å². The molecule has 2 heterocycles. The van der Waals surface area contributed by atoms with Gasteiger partial charge in [-0.3, -0.25) is 9.89 Å². The summed E-state index contributed by atoms with van der Waals surface area (Å²) in [6, 6.07) is 10.8. The molecule has 0 radical (unpaired) electrons. The number of thiophene rings is 1. The normalized spacial score (nSPS) is 17.5. The van der Waals surface area contributed by atoms with Crippen LogP contribution in [0.15, 0.2) is 41.4 Å². The molecule has 2 aromatic rings. The predicted molar refractivity (Wildman–Crippen MR) is 120 cm³/mol. The molecule has 1 aromatic heterocycles. The van der Waals surface area contributed by atoms with Gasteiger partial charge >= 0.3 is 0 Å². The number of morpholine rings is 1. The summed E-state index contributed by atoms with van der Waals surface area (Å²) >= 11 is 1.80. The van der Waals surface area contributed by atoms with Gasteiger partial charge < -0.3 is 20.5 Å². The second kappa shape index (κ2) is 11.4. The maximum Gasteiger partial charge on any atom is 0.191 e. The summed E-state index contributed by atoms with van der Waals surface area (Å²) in [5.41, 5.74) is 0.279. The van der Waals surface area contributed by atoms with Crippen molar-refractivity contribution in [2.75, 3.05) is 45.9 Å². The molecule has 0 bridgehead atoms. The van der Waals surface area contributed by atoms with Gasteiger partial charge in [0.05, 0.1) is 31.9 Å². The van der Waals surface area contributed by atoms with Gasteiger partial charge in [-0.05, 0) is 32.0 Å². The molecule has 1 aromatic carbocycles. The second-order valence-corrected chi connectivity index (χ2v) is 8.57. The molecule has 3 rings (SSSR count). The van der Waals surface area contributed by atoms with Crippen LogP contribution in [0.4, 0.5) is 4.39 Å². The number of hydrogen-bond acceptors (Lipinski definition) is 5. The molecular weight excluding hydrogens is 403 g/mol. The summed E-state index contributed by atoms with van der Waals surface area (Å²) in [5, 5.41) is 16.7. The first kappa shape index (κ1) is 22.7. The van der Waals surface area contributed by atoms with E-state index in [-0.39, 0.29) is 18.2 Å². The predicted octanol–water partition coefficient (Wildman–Crippen LogP) is 2.86. The van der Waals surface area contributed by atoms with Crippen molar-refractivity contribution in [1.29, 1.82) is 0 Å². The number of halogens is 1. The van der Waals surface area contributed by atoms with E-state index in [1.165, 1.54) is 15.8 Å². The molecule has 1 aliphatic rings. The van der Waals surface area contributed by atoms with E-state index in [2.05, 4.69) is 34.6 Å². The first-order valence-electron chi connectivity index (χ1n) is 10.4. The largest absolute Gasteiger partial charge is 0.386 e. The van der Waals surface area contributed by atoms with Gasteiger partial charge in [0.15, 0.2) is 5.96 Å². The van der Waals surface area contributed by atoms with Crippen LogP contribution in [-0.4, -0.2) is 61.9 Å². The van der Waals surface area contributed by atoms with Crippen molar-refractivity contribution < 1.29 is 14.2 Å². The minimum atomic E-state index is -0.954. The van der Waals surface area contributed by atoms with E-state index in [4.69, 9.17) is 9.73 Å². The van der Waals surface area contributed by atoms with Crippen molar-refractivity contribution in [3.05, 3.63) is 57.5 Å². The number of nitrogens with one attached hydrogen (secondary N) is 2. The van der Waals surface area contributed by atoms with E-state index in [0.29, 0.717) is 19.0 Å². The highest BCUT2D eigenvalue weighted by Gasteiger charge is 2.24. The van der Waals surface area contributed by atoms with Gasteiger partial charge in [-0.2, -0.15) is 0 Å². The van der Waals surface area contributed by atoms with Crippen molar-refractivity contribution in [1.82, 2.24) is 15.5 Å². The lowest BCUT2D eigenvalue weighted by atomic mass is 10.1. The van der Waals surface area contributed by atoms with Crippen LogP contribution in [0.1, 0.15) is 34.4 Å². The van der Waals surface area contributed by atoms with E-state index in [1.54, 1.807) is 29.5 Å². The van der Waals surface area contributed by atoms with Crippen LogP contribution >= 0.6 is 11.3 Å². The smallest absolute Gasteiger partial charge is 0.191 e. The molecule has 6 nitrogen and oxygen atoms in total. The summed E-state index contributed by atoms with van der Waals surface area (Å²) in [4.78, 5) is 9.76. The van der Waals surface area contributed by atoms with Gasteiger partial charge in [-0.1, -0.05) is 18.2 Å². The van der Waals surface area contributed by atoms with Gasteiger partial charge in [0.2, 0.25) is 0 Å². The molecule has 8 heteroatoms. The molecule has 164 valence electrons. The van der Waals surface area contributed by atoms with Crippen molar-refractivity contribution in [2.24, 2.45) is 4.99 Å². The lowest BCUT2D eigenvalue weighted by molar-refractivity contribution is 0.0186. The van der Waals surface area contributed by atoms with Crippen LogP contribution in [0.3, 0.4) is 0 Å². The van der Waals surface area contributed by atoms with Crippen molar-refractivity contribution >= 4 is 17.3 Å². The average Bonchev–Trinajstić information content (AvgIpc) is 3.19. The quantitative estimate of drug-likeness (QED) is 0.440. The Morgan fingerprint density at radius 2 is 2.00 bits per heavy atom. The molecule has 2 atom stereocenters. The number of benzene rings is 1. The van der Waals surface area contributed by atoms with Gasteiger partial charge in [0.25, 0.3) is 0 Å². The maximum atomic E-state index is 13.9. The zero-order valence-electron chi connectivity index (χ0n) is 17.6. The molecule has 0 amide bonds. The Kier molecular flexibility index (Phi) is 8.62. The molecule has 3 N–H and O–H groups in total. The summed E-state index contributed by atoms with van der Waals surface area (Å²) in [7, 11) is 0. The number of aryl methyl sites for hydroxylation is 1. The molecule has 0 aliphatic carbocycles.